The number of hydrogen-bond donors (Lipinski definition) is 1. The Morgan fingerprint density at radius 2 is 1.66 bits per heavy atom. The van der Waals surface area contributed by atoms with Crippen LogP contribution in [0, 0.1) is 0 Å². The molecule has 0 radical (unpaired) electrons. The third kappa shape index (κ3) is 3.45. The van der Waals surface area contributed by atoms with E-state index < -0.39 is 0 Å². The average molecular weight is 389 g/mol. The van der Waals surface area contributed by atoms with Gasteiger partial charge in [-0.1, -0.05) is 12.1 Å². The highest BCUT2D eigenvalue weighted by atomic mass is 16.5. The van der Waals surface area contributed by atoms with Crippen LogP contribution in [0.4, 0.5) is 11.5 Å². The van der Waals surface area contributed by atoms with Crippen LogP contribution >= 0.6 is 0 Å². The third-order valence-corrected chi connectivity index (χ3v) is 5.00. The maximum Gasteiger partial charge on any atom is 0.146 e. The number of aromatic nitrogens is 2. The Hall–Kier alpha value is -3.67. The summed E-state index contributed by atoms with van der Waals surface area (Å²) in [6.07, 6.45) is 1.80. The number of anilines is 2. The van der Waals surface area contributed by atoms with Crippen LogP contribution in [0.15, 0.2) is 60.8 Å². The number of benzene rings is 2. The SMILES string of the molecule is COc1cccc(-c2cc3c(Nc4ccc(OC)cc4OC)nccc3n2C)c1. The first-order valence-electron chi connectivity index (χ1n) is 9.22. The van der Waals surface area contributed by atoms with Gasteiger partial charge < -0.3 is 24.1 Å². The topological polar surface area (TPSA) is 57.5 Å². The fraction of sp³-hybridized carbons (Fsp3) is 0.174. The first-order valence-corrected chi connectivity index (χ1v) is 9.22. The predicted octanol–water partition coefficient (Wildman–Crippen LogP) is 5.01. The number of nitrogens with zero attached hydrogens (tertiary/aromatic N) is 2. The number of nitrogens with one attached hydrogen (secondary N) is 1. The Balaban J connectivity index is 1.79. The number of ether oxygens (including phenoxy) is 3. The van der Waals surface area contributed by atoms with Gasteiger partial charge in [0.15, 0.2) is 0 Å². The first-order chi connectivity index (χ1) is 14.1. The predicted molar refractivity (Wildman–Crippen MR) is 116 cm³/mol. The molecular weight excluding hydrogens is 366 g/mol. The summed E-state index contributed by atoms with van der Waals surface area (Å²) in [5, 5.41) is 4.42. The van der Waals surface area contributed by atoms with Crippen LogP contribution in [-0.2, 0) is 7.05 Å². The average Bonchev–Trinajstić information content (AvgIpc) is 3.11. The minimum absolute atomic E-state index is 0.687. The minimum Gasteiger partial charge on any atom is -0.497 e. The van der Waals surface area contributed by atoms with Crippen molar-refractivity contribution in [2.45, 2.75) is 0 Å². The van der Waals surface area contributed by atoms with Crippen LogP contribution in [0.5, 0.6) is 17.2 Å². The lowest BCUT2D eigenvalue weighted by Crippen LogP contribution is -1.98. The third-order valence-electron chi connectivity index (χ3n) is 5.00. The second kappa shape index (κ2) is 7.75. The molecule has 1 N–H and O–H groups in total. The molecule has 6 heteroatoms. The summed E-state index contributed by atoms with van der Waals surface area (Å²) < 4.78 is 18.3. The molecule has 0 aliphatic heterocycles. The van der Waals surface area contributed by atoms with Crippen molar-refractivity contribution in [2.75, 3.05) is 26.6 Å². The van der Waals surface area contributed by atoms with Crippen LogP contribution in [-0.4, -0.2) is 30.9 Å². The standard InChI is InChI=1S/C23H23N3O3/c1-26-20-10-11-24-23(25-19-9-8-17(28-3)13-22(19)29-4)18(20)14-21(26)15-6-5-7-16(12-15)27-2/h5-14H,1-4H3,(H,24,25). The Bertz CT molecular complexity index is 1170. The van der Waals surface area contributed by atoms with E-state index in [-0.39, 0.29) is 0 Å². The highest BCUT2D eigenvalue weighted by Crippen LogP contribution is 2.36. The molecule has 0 fully saturated rings. The van der Waals surface area contributed by atoms with Crippen LogP contribution in [0.3, 0.4) is 0 Å². The van der Waals surface area contributed by atoms with Gasteiger partial charge in [0.25, 0.3) is 0 Å². The normalized spacial score (nSPS) is 10.8. The zero-order chi connectivity index (χ0) is 20.4. The van der Waals surface area contributed by atoms with Gasteiger partial charge in [-0.3, -0.25) is 0 Å². The molecule has 0 bridgehead atoms. The molecule has 2 aromatic carbocycles. The molecule has 0 atom stereocenters. The van der Waals surface area contributed by atoms with Crippen LogP contribution in [0.1, 0.15) is 0 Å². The van der Waals surface area contributed by atoms with Crippen molar-refractivity contribution in [3.63, 3.8) is 0 Å². The largest absolute Gasteiger partial charge is 0.497 e. The van der Waals surface area contributed by atoms with Crippen molar-refractivity contribution in [3.8, 4) is 28.5 Å². The van der Waals surface area contributed by atoms with Gasteiger partial charge in [-0.2, -0.15) is 0 Å². The zero-order valence-corrected chi connectivity index (χ0v) is 16.9. The number of fused-ring (bicyclic) bond motifs is 1. The van der Waals surface area contributed by atoms with Crippen molar-refractivity contribution < 1.29 is 14.2 Å². The molecule has 148 valence electrons. The van der Waals surface area contributed by atoms with Crippen molar-refractivity contribution in [2.24, 2.45) is 7.05 Å². The molecule has 29 heavy (non-hydrogen) atoms. The fourth-order valence-corrected chi connectivity index (χ4v) is 3.45. The second-order valence-corrected chi connectivity index (χ2v) is 6.60. The molecule has 2 heterocycles. The van der Waals surface area contributed by atoms with E-state index in [1.54, 1.807) is 27.5 Å². The molecule has 6 nitrogen and oxygen atoms in total. The van der Waals surface area contributed by atoms with Gasteiger partial charge in [0.1, 0.15) is 23.1 Å². The van der Waals surface area contributed by atoms with Crippen molar-refractivity contribution >= 4 is 22.4 Å². The molecule has 0 amide bonds. The Morgan fingerprint density at radius 3 is 2.41 bits per heavy atom. The van der Waals surface area contributed by atoms with Gasteiger partial charge in [0.2, 0.25) is 0 Å². The van der Waals surface area contributed by atoms with Gasteiger partial charge in [-0.05, 0) is 36.4 Å². The molecule has 4 aromatic rings. The summed E-state index contributed by atoms with van der Waals surface area (Å²) in [5.74, 6) is 3.01. The molecule has 0 saturated carbocycles. The summed E-state index contributed by atoms with van der Waals surface area (Å²) in [5.41, 5.74) is 4.06. The Labute approximate surface area is 169 Å². The molecule has 0 aliphatic rings. The molecule has 0 saturated heterocycles. The molecule has 0 spiro atoms. The van der Waals surface area contributed by atoms with Crippen molar-refractivity contribution in [1.82, 2.24) is 9.55 Å². The highest BCUT2D eigenvalue weighted by molar-refractivity contribution is 5.96. The Morgan fingerprint density at radius 1 is 0.862 bits per heavy atom. The number of pyridine rings is 1. The quantitative estimate of drug-likeness (QED) is 0.502. The first kappa shape index (κ1) is 18.7. The number of aryl methyl sites for hydroxylation is 1. The monoisotopic (exact) mass is 389 g/mol. The Kier molecular flexibility index (Phi) is 4.99. The van der Waals surface area contributed by atoms with Crippen molar-refractivity contribution in [3.05, 3.63) is 60.8 Å². The molecule has 0 aliphatic carbocycles. The van der Waals surface area contributed by atoms with E-state index in [0.717, 1.165) is 45.2 Å². The number of methoxy groups -OCH3 is 3. The summed E-state index contributed by atoms with van der Waals surface area (Å²) in [6.45, 7) is 0. The van der Waals surface area contributed by atoms with Gasteiger partial charge in [0.05, 0.1) is 32.5 Å². The van der Waals surface area contributed by atoms with E-state index in [0.29, 0.717) is 5.75 Å². The lowest BCUT2D eigenvalue weighted by Gasteiger charge is -2.12. The lowest BCUT2D eigenvalue weighted by atomic mass is 10.1. The van der Waals surface area contributed by atoms with E-state index in [4.69, 9.17) is 14.2 Å². The summed E-state index contributed by atoms with van der Waals surface area (Å²) in [4.78, 5) is 4.57. The van der Waals surface area contributed by atoms with Crippen LogP contribution < -0.4 is 19.5 Å². The highest BCUT2D eigenvalue weighted by Gasteiger charge is 2.14. The minimum atomic E-state index is 0.687. The fourth-order valence-electron chi connectivity index (χ4n) is 3.45. The van der Waals surface area contributed by atoms with Gasteiger partial charge in [0, 0.05) is 36.0 Å². The molecule has 4 rings (SSSR count). The summed E-state index contributed by atoms with van der Waals surface area (Å²) >= 11 is 0. The number of rotatable bonds is 6. The van der Waals surface area contributed by atoms with Crippen LogP contribution in [0.25, 0.3) is 22.2 Å². The number of hydrogen-bond acceptors (Lipinski definition) is 5. The lowest BCUT2D eigenvalue weighted by molar-refractivity contribution is 0.395. The summed E-state index contributed by atoms with van der Waals surface area (Å²) in [7, 11) is 7.00. The second-order valence-electron chi connectivity index (χ2n) is 6.60. The maximum absolute atomic E-state index is 5.51. The van der Waals surface area contributed by atoms with E-state index in [2.05, 4.69) is 34.0 Å². The van der Waals surface area contributed by atoms with Crippen molar-refractivity contribution in [1.29, 1.82) is 0 Å². The maximum atomic E-state index is 5.51. The van der Waals surface area contributed by atoms with Gasteiger partial charge >= 0.3 is 0 Å². The van der Waals surface area contributed by atoms with E-state index in [1.807, 2.05) is 42.5 Å². The van der Waals surface area contributed by atoms with Gasteiger partial charge in [-0.15, -0.1) is 0 Å². The zero-order valence-electron chi connectivity index (χ0n) is 16.9. The molecule has 0 unspecified atom stereocenters. The molecule has 2 aromatic heterocycles. The van der Waals surface area contributed by atoms with E-state index in [1.165, 1.54) is 0 Å². The van der Waals surface area contributed by atoms with Gasteiger partial charge in [-0.25, -0.2) is 4.98 Å². The summed E-state index contributed by atoms with van der Waals surface area (Å²) in [6, 6.07) is 17.8. The molecular formula is C23H23N3O3. The van der Waals surface area contributed by atoms with E-state index >= 15 is 0 Å². The van der Waals surface area contributed by atoms with Crippen LogP contribution in [0.2, 0.25) is 0 Å². The smallest absolute Gasteiger partial charge is 0.146 e. The van der Waals surface area contributed by atoms with E-state index in [9.17, 15) is 0 Å².